The summed E-state index contributed by atoms with van der Waals surface area (Å²) in [6.07, 6.45) is -4.27. The van der Waals surface area contributed by atoms with Crippen LogP contribution in [0.4, 0.5) is 13.2 Å². The van der Waals surface area contributed by atoms with Gasteiger partial charge in [0.1, 0.15) is 5.39 Å². The summed E-state index contributed by atoms with van der Waals surface area (Å²) in [5.74, 6) is 0. The van der Waals surface area contributed by atoms with Crippen molar-refractivity contribution in [3.05, 3.63) is 27.7 Å². The van der Waals surface area contributed by atoms with Crippen molar-refractivity contribution in [2.45, 2.75) is 19.5 Å². The standard InChI is InChI=1S/C9H7F3N2O2/c1-2-4-3-5(9(10,11)12)6-7(15)14-16-8(6)13-4/h3H,2H2,1H3,(H,14,15). The van der Waals surface area contributed by atoms with E-state index in [9.17, 15) is 18.0 Å². The first-order valence-electron chi connectivity index (χ1n) is 4.51. The van der Waals surface area contributed by atoms with Crippen LogP contribution in [0.2, 0.25) is 0 Å². The first-order valence-corrected chi connectivity index (χ1v) is 4.51. The molecule has 1 N–H and O–H groups in total. The monoisotopic (exact) mass is 232 g/mol. The minimum absolute atomic E-state index is 0.225. The van der Waals surface area contributed by atoms with Crippen molar-refractivity contribution in [3.8, 4) is 0 Å². The van der Waals surface area contributed by atoms with Gasteiger partial charge in [0.15, 0.2) is 0 Å². The number of hydrogen-bond donors (Lipinski definition) is 1. The maximum absolute atomic E-state index is 12.7. The summed E-state index contributed by atoms with van der Waals surface area (Å²) >= 11 is 0. The molecule has 0 unspecified atom stereocenters. The zero-order valence-corrected chi connectivity index (χ0v) is 8.18. The molecule has 0 bridgehead atoms. The Morgan fingerprint density at radius 1 is 1.50 bits per heavy atom. The molecule has 7 heteroatoms. The normalized spacial score (nSPS) is 12.2. The molecule has 0 aliphatic rings. The summed E-state index contributed by atoms with van der Waals surface area (Å²) in [6.45, 7) is 1.67. The number of rotatable bonds is 1. The van der Waals surface area contributed by atoms with E-state index in [2.05, 4.69) is 9.51 Å². The van der Waals surface area contributed by atoms with Gasteiger partial charge in [0.25, 0.3) is 11.3 Å². The van der Waals surface area contributed by atoms with E-state index < -0.39 is 22.7 Å². The van der Waals surface area contributed by atoms with Crippen LogP contribution in [0.1, 0.15) is 18.2 Å². The van der Waals surface area contributed by atoms with E-state index in [1.807, 2.05) is 5.16 Å². The third-order valence-electron chi connectivity index (χ3n) is 2.17. The predicted molar refractivity (Wildman–Crippen MR) is 49.0 cm³/mol. The summed E-state index contributed by atoms with van der Waals surface area (Å²) < 4.78 is 42.6. The quantitative estimate of drug-likeness (QED) is 0.818. The van der Waals surface area contributed by atoms with Crippen molar-refractivity contribution in [2.24, 2.45) is 0 Å². The van der Waals surface area contributed by atoms with E-state index in [1.165, 1.54) is 0 Å². The topological polar surface area (TPSA) is 58.9 Å². The van der Waals surface area contributed by atoms with Crippen LogP contribution in [0.25, 0.3) is 11.1 Å². The third-order valence-corrected chi connectivity index (χ3v) is 2.17. The fourth-order valence-electron chi connectivity index (χ4n) is 1.42. The molecule has 0 saturated heterocycles. The molecule has 0 fully saturated rings. The lowest BCUT2D eigenvalue weighted by atomic mass is 10.1. The Hall–Kier alpha value is -1.79. The molecule has 86 valence electrons. The van der Waals surface area contributed by atoms with Gasteiger partial charge < -0.3 is 4.52 Å². The van der Waals surface area contributed by atoms with E-state index in [1.54, 1.807) is 6.92 Å². The van der Waals surface area contributed by atoms with E-state index in [-0.39, 0.29) is 11.4 Å². The van der Waals surface area contributed by atoms with E-state index in [4.69, 9.17) is 0 Å². The Morgan fingerprint density at radius 2 is 2.19 bits per heavy atom. The SMILES string of the molecule is CCc1cc(C(F)(F)F)c2c(=O)[nH]oc2n1. The fraction of sp³-hybridized carbons (Fsp3) is 0.333. The summed E-state index contributed by atoms with van der Waals surface area (Å²) in [4.78, 5) is 14.9. The van der Waals surface area contributed by atoms with Crippen molar-refractivity contribution in [1.82, 2.24) is 10.1 Å². The minimum Gasteiger partial charge on any atom is -0.358 e. The molecule has 0 aliphatic carbocycles. The average Bonchev–Trinajstić information content (AvgIpc) is 2.58. The van der Waals surface area contributed by atoms with Crippen LogP contribution in [-0.2, 0) is 12.6 Å². The van der Waals surface area contributed by atoms with Gasteiger partial charge >= 0.3 is 6.18 Å². The molecule has 0 aliphatic heterocycles. The van der Waals surface area contributed by atoms with Crippen molar-refractivity contribution in [2.75, 3.05) is 0 Å². The van der Waals surface area contributed by atoms with Crippen LogP contribution in [0.3, 0.4) is 0 Å². The molecule has 0 aromatic carbocycles. The van der Waals surface area contributed by atoms with Gasteiger partial charge in [-0.3, -0.25) is 4.79 Å². The van der Waals surface area contributed by atoms with Crippen molar-refractivity contribution < 1.29 is 17.7 Å². The minimum atomic E-state index is -4.60. The number of aromatic amines is 1. The highest BCUT2D eigenvalue weighted by Gasteiger charge is 2.35. The highest BCUT2D eigenvalue weighted by atomic mass is 19.4. The van der Waals surface area contributed by atoms with Crippen LogP contribution in [0.5, 0.6) is 0 Å². The largest absolute Gasteiger partial charge is 0.417 e. The second-order valence-electron chi connectivity index (χ2n) is 3.23. The highest BCUT2D eigenvalue weighted by Crippen LogP contribution is 2.33. The van der Waals surface area contributed by atoms with Gasteiger partial charge in [0.2, 0.25) is 0 Å². The number of halogens is 3. The average molecular weight is 232 g/mol. The lowest BCUT2D eigenvalue weighted by Gasteiger charge is -2.07. The number of nitrogens with zero attached hydrogens (tertiary/aromatic N) is 1. The summed E-state index contributed by atoms with van der Waals surface area (Å²) in [5.41, 5.74) is -2.01. The molecule has 0 amide bonds. The van der Waals surface area contributed by atoms with Gasteiger partial charge in [-0.2, -0.15) is 18.3 Å². The molecule has 16 heavy (non-hydrogen) atoms. The second kappa shape index (κ2) is 3.36. The van der Waals surface area contributed by atoms with Crippen molar-refractivity contribution in [3.63, 3.8) is 0 Å². The second-order valence-corrected chi connectivity index (χ2v) is 3.23. The predicted octanol–water partition coefficient (Wildman–Crippen LogP) is 2.10. The van der Waals surface area contributed by atoms with Crippen molar-refractivity contribution >= 4 is 11.1 Å². The molecule has 0 atom stereocenters. The maximum atomic E-state index is 12.7. The molecule has 0 saturated carbocycles. The number of nitrogens with one attached hydrogen (secondary N) is 1. The van der Waals surface area contributed by atoms with Crippen LogP contribution >= 0.6 is 0 Å². The Morgan fingerprint density at radius 3 is 2.75 bits per heavy atom. The summed E-state index contributed by atoms with van der Waals surface area (Å²) in [5, 5.41) is 1.30. The lowest BCUT2D eigenvalue weighted by molar-refractivity contribution is -0.136. The molecule has 2 heterocycles. The molecule has 4 nitrogen and oxygen atoms in total. The van der Waals surface area contributed by atoms with Crippen molar-refractivity contribution in [1.29, 1.82) is 0 Å². The van der Waals surface area contributed by atoms with Gasteiger partial charge in [-0.1, -0.05) is 6.92 Å². The molecular weight excluding hydrogens is 225 g/mol. The van der Waals surface area contributed by atoms with Gasteiger partial charge in [-0.15, -0.1) is 0 Å². The smallest absolute Gasteiger partial charge is 0.358 e. The first kappa shape index (κ1) is 10.7. The number of aryl methyl sites for hydroxylation is 1. The van der Waals surface area contributed by atoms with Crippen LogP contribution in [0, 0.1) is 0 Å². The van der Waals surface area contributed by atoms with Gasteiger partial charge in [0.05, 0.1) is 5.56 Å². The molecule has 2 aromatic rings. The number of aromatic nitrogens is 2. The molecule has 0 radical (unpaired) electrons. The first-order chi connectivity index (χ1) is 7.43. The Bertz CT molecular complexity index is 582. The Labute approximate surface area is 87.1 Å². The lowest BCUT2D eigenvalue weighted by Crippen LogP contribution is -2.11. The van der Waals surface area contributed by atoms with Gasteiger partial charge in [-0.05, 0) is 12.5 Å². The zero-order valence-electron chi connectivity index (χ0n) is 8.18. The maximum Gasteiger partial charge on any atom is 0.417 e. The number of hydrogen-bond acceptors (Lipinski definition) is 3. The molecule has 0 spiro atoms. The third kappa shape index (κ3) is 1.58. The Balaban J connectivity index is 2.87. The van der Waals surface area contributed by atoms with E-state index in [0.29, 0.717) is 6.42 Å². The van der Waals surface area contributed by atoms with E-state index in [0.717, 1.165) is 6.07 Å². The highest BCUT2D eigenvalue weighted by molar-refractivity contribution is 5.77. The molecule has 2 rings (SSSR count). The number of alkyl halides is 3. The number of fused-ring (bicyclic) bond motifs is 1. The Kier molecular flexibility index (Phi) is 2.25. The van der Waals surface area contributed by atoms with E-state index >= 15 is 0 Å². The van der Waals surface area contributed by atoms with Crippen LogP contribution in [0.15, 0.2) is 15.4 Å². The van der Waals surface area contributed by atoms with Gasteiger partial charge in [-0.25, -0.2) is 4.98 Å². The summed E-state index contributed by atoms with van der Waals surface area (Å²) in [6, 6.07) is 0.868. The fourth-order valence-corrected chi connectivity index (χ4v) is 1.42. The molecular formula is C9H7F3N2O2. The number of pyridine rings is 1. The zero-order chi connectivity index (χ0) is 11.9. The molecule has 2 aromatic heterocycles. The van der Waals surface area contributed by atoms with Crippen LogP contribution in [-0.4, -0.2) is 10.1 Å². The summed E-state index contributed by atoms with van der Waals surface area (Å²) in [7, 11) is 0. The van der Waals surface area contributed by atoms with Gasteiger partial charge in [0, 0.05) is 5.69 Å². The van der Waals surface area contributed by atoms with Crippen LogP contribution < -0.4 is 5.56 Å². The number of H-pyrrole nitrogens is 1.